The number of rotatable bonds is 5. The second-order valence-electron chi connectivity index (χ2n) is 7.03. The fourth-order valence-electron chi connectivity index (χ4n) is 3.36. The minimum Gasteiger partial charge on any atom is -0.478 e. The highest BCUT2D eigenvalue weighted by Gasteiger charge is 2.61. The van der Waals surface area contributed by atoms with E-state index in [1.807, 2.05) is 26.8 Å². The van der Waals surface area contributed by atoms with Gasteiger partial charge in [0.2, 0.25) is 5.60 Å². The highest BCUT2D eigenvalue weighted by molar-refractivity contribution is 5.96. The molecule has 0 saturated carbocycles. The average molecular weight is 356 g/mol. The number of hydrogen-bond acceptors (Lipinski definition) is 2. The largest absolute Gasteiger partial charge is 0.478 e. The van der Waals surface area contributed by atoms with Crippen LogP contribution in [0.25, 0.3) is 6.08 Å². The van der Waals surface area contributed by atoms with Crippen molar-refractivity contribution in [2.24, 2.45) is 0 Å². The van der Waals surface area contributed by atoms with Gasteiger partial charge in [0.1, 0.15) is 5.75 Å². The van der Waals surface area contributed by atoms with Gasteiger partial charge in [-0.1, -0.05) is 46.2 Å². The van der Waals surface area contributed by atoms with Crippen molar-refractivity contribution in [1.82, 2.24) is 0 Å². The molecular weight excluding hydrogens is 333 g/mol. The fourth-order valence-corrected chi connectivity index (χ4v) is 3.36. The summed E-state index contributed by atoms with van der Waals surface area (Å²) in [6.07, 6.45) is -2.46. The van der Waals surface area contributed by atoms with E-state index in [0.29, 0.717) is 5.56 Å². The molecule has 1 N–H and O–H groups in total. The Morgan fingerprint density at radius 1 is 1.24 bits per heavy atom. The molecule has 1 heterocycles. The van der Waals surface area contributed by atoms with Crippen LogP contribution in [0.2, 0.25) is 0 Å². The van der Waals surface area contributed by atoms with Gasteiger partial charge < -0.3 is 9.84 Å². The molecule has 138 valence electrons. The van der Waals surface area contributed by atoms with Crippen molar-refractivity contribution in [2.45, 2.75) is 64.1 Å². The Morgan fingerprint density at radius 2 is 1.88 bits per heavy atom. The summed E-state index contributed by atoms with van der Waals surface area (Å²) < 4.78 is 46.5. The molecule has 0 radical (unpaired) electrons. The van der Waals surface area contributed by atoms with Crippen LogP contribution in [0, 0.1) is 0 Å². The van der Waals surface area contributed by atoms with Crippen LogP contribution in [0.15, 0.2) is 23.8 Å². The summed E-state index contributed by atoms with van der Waals surface area (Å²) in [5, 5.41) is 9.30. The Balaban J connectivity index is 2.62. The van der Waals surface area contributed by atoms with Crippen LogP contribution in [0.4, 0.5) is 13.2 Å². The molecule has 0 bridgehead atoms. The van der Waals surface area contributed by atoms with Gasteiger partial charge in [0.25, 0.3) is 0 Å². The molecule has 0 saturated heterocycles. The molecule has 1 aromatic carbocycles. The minimum atomic E-state index is -4.83. The number of carboxylic acid groups (broad SMARTS) is 1. The monoisotopic (exact) mass is 356 g/mol. The van der Waals surface area contributed by atoms with E-state index in [4.69, 9.17) is 4.74 Å². The average Bonchev–Trinajstić information content (AvgIpc) is 2.51. The van der Waals surface area contributed by atoms with Crippen LogP contribution in [-0.2, 0) is 10.2 Å². The molecule has 6 heteroatoms. The summed E-state index contributed by atoms with van der Waals surface area (Å²) in [6.45, 7) is 7.37. The Kier molecular flexibility index (Phi) is 4.94. The van der Waals surface area contributed by atoms with E-state index in [2.05, 4.69) is 0 Å². The second-order valence-corrected chi connectivity index (χ2v) is 7.03. The lowest BCUT2D eigenvalue weighted by molar-refractivity contribution is -0.236. The predicted octanol–water partition coefficient (Wildman–Crippen LogP) is 5.34. The van der Waals surface area contributed by atoms with Gasteiger partial charge in [0.05, 0.1) is 5.57 Å². The zero-order chi connectivity index (χ0) is 19.0. The zero-order valence-electron chi connectivity index (χ0n) is 14.8. The normalized spacial score (nSPS) is 20.5. The van der Waals surface area contributed by atoms with Gasteiger partial charge in [0, 0.05) is 5.56 Å². The maximum Gasteiger partial charge on any atom is 0.432 e. The van der Waals surface area contributed by atoms with E-state index in [1.165, 1.54) is 6.92 Å². The third-order valence-electron chi connectivity index (χ3n) is 4.88. The van der Waals surface area contributed by atoms with Gasteiger partial charge in [-0.3, -0.25) is 0 Å². The molecule has 25 heavy (non-hydrogen) atoms. The number of alkyl halides is 3. The molecule has 1 aliphatic rings. The number of hydrogen-bond donors (Lipinski definition) is 1. The SMILES string of the molecule is CCCC(C)(C)c1ccc2c(c1)OC(CC)(C(F)(F)F)C(C(=O)O)=C2. The van der Waals surface area contributed by atoms with Crippen LogP contribution in [-0.4, -0.2) is 22.9 Å². The van der Waals surface area contributed by atoms with Gasteiger partial charge >= 0.3 is 12.1 Å². The van der Waals surface area contributed by atoms with Crippen LogP contribution < -0.4 is 4.74 Å². The molecule has 0 fully saturated rings. The molecule has 2 rings (SSSR count). The lowest BCUT2D eigenvalue weighted by Gasteiger charge is -2.39. The first-order valence-electron chi connectivity index (χ1n) is 8.34. The molecule has 1 unspecified atom stereocenters. The van der Waals surface area contributed by atoms with Crippen LogP contribution in [0.5, 0.6) is 5.75 Å². The summed E-state index contributed by atoms with van der Waals surface area (Å²) in [5.74, 6) is -1.55. The summed E-state index contributed by atoms with van der Waals surface area (Å²) >= 11 is 0. The number of carboxylic acids is 1. The molecule has 3 nitrogen and oxygen atoms in total. The van der Waals surface area contributed by atoms with Gasteiger partial charge in [-0.25, -0.2) is 4.79 Å². The standard InChI is InChI=1S/C19H23F3O3/c1-5-9-17(3,4)13-8-7-12-10-14(16(23)24)18(6-2,19(20,21)22)25-15(12)11-13/h7-8,10-11H,5-6,9H2,1-4H3,(H,23,24). The maximum atomic E-state index is 13.7. The highest BCUT2D eigenvalue weighted by Crippen LogP contribution is 2.48. The number of halogens is 3. The molecule has 0 amide bonds. The first-order valence-corrected chi connectivity index (χ1v) is 8.34. The number of ether oxygens (including phenoxy) is 1. The van der Waals surface area contributed by atoms with Crippen LogP contribution in [0.1, 0.15) is 58.1 Å². The van der Waals surface area contributed by atoms with E-state index in [9.17, 15) is 23.1 Å². The van der Waals surface area contributed by atoms with E-state index < -0.39 is 29.7 Å². The lowest BCUT2D eigenvalue weighted by Crippen LogP contribution is -2.54. The zero-order valence-corrected chi connectivity index (χ0v) is 14.8. The van der Waals surface area contributed by atoms with Crippen molar-refractivity contribution < 1.29 is 27.8 Å². The summed E-state index contributed by atoms with van der Waals surface area (Å²) in [7, 11) is 0. The minimum absolute atomic E-state index is 0.0749. The molecular formula is C19H23F3O3. The van der Waals surface area contributed by atoms with Gasteiger partial charge in [0.15, 0.2) is 0 Å². The molecule has 0 aliphatic carbocycles. The smallest absolute Gasteiger partial charge is 0.432 e. The number of benzene rings is 1. The Labute approximate surface area is 145 Å². The molecule has 1 aliphatic heterocycles. The molecule has 0 spiro atoms. The highest BCUT2D eigenvalue weighted by atomic mass is 19.4. The van der Waals surface area contributed by atoms with Gasteiger partial charge in [-0.05, 0) is 36.0 Å². The second kappa shape index (κ2) is 6.39. The third-order valence-corrected chi connectivity index (χ3v) is 4.88. The topological polar surface area (TPSA) is 46.5 Å². The quantitative estimate of drug-likeness (QED) is 0.775. The van der Waals surface area contributed by atoms with E-state index in [-0.39, 0.29) is 11.2 Å². The number of fused-ring (bicyclic) bond motifs is 1. The molecule has 1 aromatic rings. The van der Waals surface area contributed by atoms with Crippen molar-refractivity contribution in [3.8, 4) is 5.75 Å². The van der Waals surface area contributed by atoms with Gasteiger partial charge in [-0.15, -0.1) is 0 Å². The number of carbonyl (C=O) groups is 1. The Bertz CT molecular complexity index is 704. The summed E-state index contributed by atoms with van der Waals surface area (Å²) in [5.41, 5.74) is -2.61. The van der Waals surface area contributed by atoms with E-state index >= 15 is 0 Å². The fraction of sp³-hybridized carbons (Fsp3) is 0.526. The van der Waals surface area contributed by atoms with E-state index in [1.54, 1.807) is 12.1 Å². The Morgan fingerprint density at radius 3 is 2.36 bits per heavy atom. The molecule has 1 atom stereocenters. The van der Waals surface area contributed by atoms with Crippen molar-refractivity contribution in [3.05, 3.63) is 34.9 Å². The van der Waals surface area contributed by atoms with Crippen molar-refractivity contribution in [1.29, 1.82) is 0 Å². The Hall–Kier alpha value is -1.98. The van der Waals surface area contributed by atoms with Crippen molar-refractivity contribution in [2.75, 3.05) is 0 Å². The molecule has 0 aromatic heterocycles. The summed E-state index contributed by atoms with van der Waals surface area (Å²) in [6, 6.07) is 5.05. The van der Waals surface area contributed by atoms with Crippen molar-refractivity contribution >= 4 is 12.0 Å². The van der Waals surface area contributed by atoms with E-state index in [0.717, 1.165) is 24.5 Å². The lowest BCUT2D eigenvalue weighted by atomic mass is 9.79. The first kappa shape index (κ1) is 19.3. The van der Waals surface area contributed by atoms with Gasteiger partial charge in [-0.2, -0.15) is 13.2 Å². The van der Waals surface area contributed by atoms with Crippen LogP contribution >= 0.6 is 0 Å². The third kappa shape index (κ3) is 3.26. The van der Waals surface area contributed by atoms with Crippen LogP contribution in [0.3, 0.4) is 0 Å². The summed E-state index contributed by atoms with van der Waals surface area (Å²) in [4.78, 5) is 11.4. The predicted molar refractivity (Wildman–Crippen MR) is 89.7 cm³/mol. The number of aliphatic carboxylic acids is 1. The maximum absolute atomic E-state index is 13.7. The first-order chi connectivity index (χ1) is 11.5. The van der Waals surface area contributed by atoms with Crippen molar-refractivity contribution in [3.63, 3.8) is 0 Å².